The van der Waals surface area contributed by atoms with Crippen molar-refractivity contribution in [3.05, 3.63) is 29.6 Å². The second-order valence-corrected chi connectivity index (χ2v) is 7.30. The molecule has 3 rings (SSSR count). The number of primary amides is 1. The number of anilines is 1. The molecule has 2 fully saturated rings. The van der Waals surface area contributed by atoms with Gasteiger partial charge in [0, 0.05) is 13.1 Å². The number of amides is 3. The number of cyclic esters (lactones) is 1. The summed E-state index contributed by atoms with van der Waals surface area (Å²) in [6.45, 7) is 4.64. The predicted molar refractivity (Wildman–Crippen MR) is 102 cm³/mol. The largest absolute Gasteiger partial charge is 0.450 e. The summed E-state index contributed by atoms with van der Waals surface area (Å²) < 4.78 is 25.0. The van der Waals surface area contributed by atoms with Gasteiger partial charge in [0.15, 0.2) is 0 Å². The topological polar surface area (TPSA) is 123 Å². The summed E-state index contributed by atoms with van der Waals surface area (Å²) >= 11 is 0. The first kappa shape index (κ1) is 20.7. The van der Waals surface area contributed by atoms with E-state index in [2.05, 4.69) is 10.6 Å². The molecule has 0 radical (unpaired) electrons. The van der Waals surface area contributed by atoms with Gasteiger partial charge in [-0.25, -0.2) is 14.0 Å². The number of alkyl carbamates (subject to hydrolysis) is 2. The van der Waals surface area contributed by atoms with Gasteiger partial charge in [-0.15, -0.1) is 0 Å². The molecule has 10 heteroatoms. The molecule has 2 saturated heterocycles. The maximum Gasteiger partial charge on any atom is 0.407 e. The first-order valence-corrected chi connectivity index (χ1v) is 9.48. The Kier molecular flexibility index (Phi) is 5.81. The van der Waals surface area contributed by atoms with Crippen LogP contribution >= 0.6 is 0 Å². The molecular weight excluding hydrogens is 383 g/mol. The van der Waals surface area contributed by atoms with Crippen molar-refractivity contribution < 1.29 is 28.2 Å². The van der Waals surface area contributed by atoms with E-state index in [-0.39, 0.29) is 19.2 Å². The van der Waals surface area contributed by atoms with E-state index >= 15 is 0 Å². The van der Waals surface area contributed by atoms with Crippen molar-refractivity contribution in [3.63, 3.8) is 0 Å². The lowest BCUT2D eigenvalue weighted by atomic mass is 9.76. The Morgan fingerprint density at radius 1 is 1.48 bits per heavy atom. The van der Waals surface area contributed by atoms with Crippen molar-refractivity contribution in [2.75, 3.05) is 31.1 Å². The molecule has 158 valence electrons. The maximum atomic E-state index is 14.9. The van der Waals surface area contributed by atoms with Crippen LogP contribution in [0.5, 0.6) is 0 Å². The van der Waals surface area contributed by atoms with Gasteiger partial charge >= 0.3 is 12.2 Å². The number of hydrogen-bond acceptors (Lipinski definition) is 6. The Morgan fingerprint density at radius 3 is 2.83 bits per heavy atom. The summed E-state index contributed by atoms with van der Waals surface area (Å²) in [4.78, 5) is 37.0. The van der Waals surface area contributed by atoms with Gasteiger partial charge in [0.05, 0.1) is 24.9 Å². The molecule has 0 aromatic heterocycles. The number of rotatable bonds is 6. The van der Waals surface area contributed by atoms with Crippen molar-refractivity contribution in [3.8, 4) is 0 Å². The Labute approximate surface area is 167 Å². The van der Waals surface area contributed by atoms with Crippen LogP contribution in [-0.4, -0.2) is 56.5 Å². The van der Waals surface area contributed by atoms with Crippen molar-refractivity contribution in [2.24, 2.45) is 5.73 Å². The average molecular weight is 408 g/mol. The number of carbonyl (C=O) groups is 3. The molecular formula is C19H25FN4O5. The lowest BCUT2D eigenvalue weighted by Gasteiger charge is -2.31. The minimum atomic E-state index is -1.38. The lowest BCUT2D eigenvalue weighted by molar-refractivity contribution is -0.126. The SMILES string of the molecule is CCOC(=O)NC1CCN(c2ccc(C(C)(C(N)=O)C3CNC(=O)O3)cc2F)C1. The number of ether oxygens (including phenoxy) is 2. The number of nitrogens with two attached hydrogens (primary N) is 1. The summed E-state index contributed by atoms with van der Waals surface area (Å²) in [5.41, 5.74) is 4.89. The van der Waals surface area contributed by atoms with Gasteiger partial charge in [0.25, 0.3) is 0 Å². The summed E-state index contributed by atoms with van der Waals surface area (Å²) in [5, 5.41) is 5.23. The van der Waals surface area contributed by atoms with Gasteiger partial charge in [-0.2, -0.15) is 0 Å². The van der Waals surface area contributed by atoms with E-state index in [1.54, 1.807) is 19.1 Å². The van der Waals surface area contributed by atoms with Crippen LogP contribution < -0.4 is 21.3 Å². The first-order valence-electron chi connectivity index (χ1n) is 9.48. The van der Waals surface area contributed by atoms with Crippen molar-refractivity contribution in [2.45, 2.75) is 37.8 Å². The van der Waals surface area contributed by atoms with E-state index in [1.807, 2.05) is 4.90 Å². The van der Waals surface area contributed by atoms with Crippen molar-refractivity contribution >= 4 is 23.8 Å². The molecule has 9 nitrogen and oxygen atoms in total. The molecule has 3 atom stereocenters. The van der Waals surface area contributed by atoms with Crippen molar-refractivity contribution in [1.82, 2.24) is 10.6 Å². The van der Waals surface area contributed by atoms with Crippen LogP contribution in [0.15, 0.2) is 18.2 Å². The number of nitrogens with zero attached hydrogens (tertiary/aromatic N) is 1. The number of halogens is 1. The van der Waals surface area contributed by atoms with Crippen LogP contribution in [0.2, 0.25) is 0 Å². The minimum Gasteiger partial charge on any atom is -0.450 e. The molecule has 0 aliphatic carbocycles. The molecule has 0 bridgehead atoms. The van der Waals surface area contributed by atoms with Crippen LogP contribution in [-0.2, 0) is 19.7 Å². The smallest absolute Gasteiger partial charge is 0.407 e. The average Bonchev–Trinajstić information content (AvgIpc) is 3.30. The molecule has 3 amide bonds. The summed E-state index contributed by atoms with van der Waals surface area (Å²) in [7, 11) is 0. The fraction of sp³-hybridized carbons (Fsp3) is 0.526. The molecule has 3 unspecified atom stereocenters. The Bertz CT molecular complexity index is 820. The number of hydrogen-bond donors (Lipinski definition) is 3. The molecule has 29 heavy (non-hydrogen) atoms. The lowest BCUT2D eigenvalue weighted by Crippen LogP contribution is -2.49. The van der Waals surface area contributed by atoms with Crippen molar-refractivity contribution in [1.29, 1.82) is 0 Å². The molecule has 1 aromatic rings. The normalized spacial score (nSPS) is 23.1. The van der Waals surface area contributed by atoms with Gasteiger partial charge in [0.1, 0.15) is 17.3 Å². The van der Waals surface area contributed by atoms with E-state index in [0.717, 1.165) is 0 Å². The molecule has 0 spiro atoms. The van der Waals surface area contributed by atoms with E-state index in [1.165, 1.54) is 13.0 Å². The highest BCUT2D eigenvalue weighted by atomic mass is 19.1. The van der Waals surface area contributed by atoms with Crippen LogP contribution in [0.3, 0.4) is 0 Å². The zero-order valence-electron chi connectivity index (χ0n) is 16.4. The van der Waals surface area contributed by atoms with Gasteiger partial charge in [0.2, 0.25) is 5.91 Å². The van der Waals surface area contributed by atoms with Gasteiger partial charge in [-0.1, -0.05) is 6.07 Å². The zero-order chi connectivity index (χ0) is 21.2. The molecule has 2 heterocycles. The number of nitrogens with one attached hydrogen (secondary N) is 2. The summed E-state index contributed by atoms with van der Waals surface area (Å²) in [6, 6.07) is 4.29. The standard InChI is InChI=1S/C19H25FN4O5/c1-3-28-18(27)23-12-6-7-24(10-12)14-5-4-11(8-13(14)20)19(2,16(21)25)15-9-22-17(26)29-15/h4-5,8,12,15H,3,6-7,9-10H2,1-2H3,(H2,21,25)(H,22,26)(H,23,27). The number of benzene rings is 1. The molecule has 1 aromatic carbocycles. The Hall–Kier alpha value is -3.04. The zero-order valence-corrected chi connectivity index (χ0v) is 16.4. The Balaban J connectivity index is 1.77. The fourth-order valence-corrected chi connectivity index (χ4v) is 3.72. The predicted octanol–water partition coefficient (Wildman–Crippen LogP) is 1.00. The van der Waals surface area contributed by atoms with E-state index in [9.17, 15) is 18.8 Å². The highest BCUT2D eigenvalue weighted by molar-refractivity contribution is 5.88. The molecule has 4 N–H and O–H groups in total. The highest BCUT2D eigenvalue weighted by Crippen LogP contribution is 2.34. The summed E-state index contributed by atoms with van der Waals surface area (Å²) in [5.74, 6) is -1.24. The Morgan fingerprint density at radius 2 is 2.24 bits per heavy atom. The first-order chi connectivity index (χ1) is 13.8. The monoisotopic (exact) mass is 408 g/mol. The highest BCUT2D eigenvalue weighted by Gasteiger charge is 2.47. The van der Waals surface area contributed by atoms with E-state index in [4.69, 9.17) is 15.2 Å². The fourth-order valence-electron chi connectivity index (χ4n) is 3.72. The van der Waals surface area contributed by atoms with Crippen LogP contribution in [0.1, 0.15) is 25.8 Å². The van der Waals surface area contributed by atoms with Crippen LogP contribution in [0.25, 0.3) is 0 Å². The van der Waals surface area contributed by atoms with Gasteiger partial charge in [-0.3, -0.25) is 4.79 Å². The van der Waals surface area contributed by atoms with E-state index < -0.39 is 35.4 Å². The minimum absolute atomic E-state index is 0.106. The van der Waals surface area contributed by atoms with Gasteiger partial charge in [-0.05, 0) is 38.0 Å². The van der Waals surface area contributed by atoms with Crippen LogP contribution in [0, 0.1) is 5.82 Å². The second-order valence-electron chi connectivity index (χ2n) is 7.30. The number of carbonyl (C=O) groups excluding carboxylic acids is 3. The molecule has 2 aliphatic heterocycles. The van der Waals surface area contributed by atoms with Crippen LogP contribution in [0.4, 0.5) is 19.7 Å². The third kappa shape index (κ3) is 4.06. The maximum absolute atomic E-state index is 14.9. The van der Waals surface area contributed by atoms with E-state index in [0.29, 0.717) is 30.8 Å². The quantitative estimate of drug-likeness (QED) is 0.645. The second kappa shape index (κ2) is 8.14. The third-order valence-corrected chi connectivity index (χ3v) is 5.51. The van der Waals surface area contributed by atoms with Gasteiger partial charge < -0.3 is 30.7 Å². The molecule has 0 saturated carbocycles. The molecule has 2 aliphatic rings. The third-order valence-electron chi connectivity index (χ3n) is 5.51. The summed E-state index contributed by atoms with van der Waals surface area (Å²) in [6.07, 6.45) is -1.31.